The minimum absolute atomic E-state index is 0.102. The second-order valence-corrected chi connectivity index (χ2v) is 5.02. The molecule has 0 bridgehead atoms. The lowest BCUT2D eigenvalue weighted by Gasteiger charge is -2.09. The third-order valence-electron chi connectivity index (χ3n) is 3.34. The molecule has 0 aliphatic rings. The van der Waals surface area contributed by atoms with Gasteiger partial charge < -0.3 is 14.9 Å². The van der Waals surface area contributed by atoms with Crippen LogP contribution in [0.4, 0.5) is 0 Å². The number of nitrogens with zero attached hydrogens (tertiary/aromatic N) is 1. The molecule has 0 saturated heterocycles. The molecule has 0 spiro atoms. The van der Waals surface area contributed by atoms with Crippen molar-refractivity contribution in [2.24, 2.45) is 0 Å². The zero-order valence-electron chi connectivity index (χ0n) is 12.2. The SMILES string of the molecule is O=C(Cc1ccccc1)Oc1cccc(-n2c(O)ccc2O)c1. The highest BCUT2D eigenvalue weighted by Gasteiger charge is 2.11. The number of aromatic nitrogens is 1. The molecule has 0 unspecified atom stereocenters. The normalized spacial score (nSPS) is 10.4. The number of esters is 1. The van der Waals surface area contributed by atoms with Crippen LogP contribution in [0.3, 0.4) is 0 Å². The number of rotatable bonds is 4. The summed E-state index contributed by atoms with van der Waals surface area (Å²) in [6.45, 7) is 0. The van der Waals surface area contributed by atoms with Crippen molar-refractivity contribution in [2.45, 2.75) is 6.42 Å². The van der Waals surface area contributed by atoms with Gasteiger partial charge in [0.1, 0.15) is 5.75 Å². The number of hydrogen-bond donors (Lipinski definition) is 2. The molecular formula is C18H15NO4. The average molecular weight is 309 g/mol. The fourth-order valence-corrected chi connectivity index (χ4v) is 2.30. The van der Waals surface area contributed by atoms with Crippen LogP contribution in [0.15, 0.2) is 66.7 Å². The minimum atomic E-state index is -0.380. The number of aromatic hydroxyl groups is 2. The van der Waals surface area contributed by atoms with Crippen molar-refractivity contribution >= 4 is 5.97 Å². The van der Waals surface area contributed by atoms with Crippen LogP contribution in [-0.2, 0) is 11.2 Å². The van der Waals surface area contributed by atoms with Crippen LogP contribution in [0, 0.1) is 0 Å². The van der Waals surface area contributed by atoms with Gasteiger partial charge in [-0.15, -0.1) is 0 Å². The summed E-state index contributed by atoms with van der Waals surface area (Å²) in [7, 11) is 0. The highest BCUT2D eigenvalue weighted by molar-refractivity contribution is 5.75. The van der Waals surface area contributed by atoms with Crippen molar-refractivity contribution in [3.63, 3.8) is 0 Å². The van der Waals surface area contributed by atoms with Gasteiger partial charge in [0.2, 0.25) is 0 Å². The van der Waals surface area contributed by atoms with Crippen molar-refractivity contribution in [3.8, 4) is 23.2 Å². The van der Waals surface area contributed by atoms with Gasteiger partial charge in [-0.25, -0.2) is 0 Å². The predicted molar refractivity (Wildman–Crippen MR) is 84.9 cm³/mol. The van der Waals surface area contributed by atoms with Crippen molar-refractivity contribution < 1.29 is 19.7 Å². The third kappa shape index (κ3) is 3.35. The molecule has 0 saturated carbocycles. The Labute approximate surface area is 133 Å². The van der Waals surface area contributed by atoms with Gasteiger partial charge in [0.15, 0.2) is 11.8 Å². The smallest absolute Gasteiger partial charge is 0.315 e. The van der Waals surface area contributed by atoms with Crippen LogP contribution in [0.25, 0.3) is 5.69 Å². The van der Waals surface area contributed by atoms with E-state index in [4.69, 9.17) is 4.74 Å². The molecule has 116 valence electrons. The topological polar surface area (TPSA) is 71.7 Å². The van der Waals surface area contributed by atoms with E-state index in [2.05, 4.69) is 0 Å². The van der Waals surface area contributed by atoms with Gasteiger partial charge >= 0.3 is 5.97 Å². The summed E-state index contributed by atoms with van der Waals surface area (Å²) in [6.07, 6.45) is 0.172. The largest absolute Gasteiger partial charge is 0.494 e. The van der Waals surface area contributed by atoms with Crippen LogP contribution in [-0.4, -0.2) is 20.7 Å². The Morgan fingerprint density at radius 2 is 1.61 bits per heavy atom. The van der Waals surface area contributed by atoms with E-state index >= 15 is 0 Å². The Balaban J connectivity index is 1.77. The van der Waals surface area contributed by atoms with Crippen molar-refractivity contribution in [2.75, 3.05) is 0 Å². The van der Waals surface area contributed by atoms with E-state index in [1.165, 1.54) is 16.7 Å². The van der Waals surface area contributed by atoms with E-state index in [0.717, 1.165) is 5.56 Å². The van der Waals surface area contributed by atoms with Gasteiger partial charge in [0.05, 0.1) is 12.1 Å². The molecule has 23 heavy (non-hydrogen) atoms. The molecule has 2 aromatic carbocycles. The maximum absolute atomic E-state index is 12.0. The Kier molecular flexibility index (Phi) is 4.01. The number of benzene rings is 2. The van der Waals surface area contributed by atoms with E-state index in [1.54, 1.807) is 24.3 Å². The van der Waals surface area contributed by atoms with E-state index < -0.39 is 0 Å². The lowest BCUT2D eigenvalue weighted by Crippen LogP contribution is -2.11. The van der Waals surface area contributed by atoms with Crippen molar-refractivity contribution in [3.05, 3.63) is 72.3 Å². The zero-order valence-corrected chi connectivity index (χ0v) is 12.2. The van der Waals surface area contributed by atoms with E-state index in [1.807, 2.05) is 30.3 Å². The Morgan fingerprint density at radius 1 is 0.913 bits per heavy atom. The summed E-state index contributed by atoms with van der Waals surface area (Å²) < 4.78 is 6.57. The summed E-state index contributed by atoms with van der Waals surface area (Å²) in [6, 6.07) is 18.7. The quantitative estimate of drug-likeness (QED) is 0.574. The second kappa shape index (κ2) is 6.27. The number of hydrogen-bond acceptors (Lipinski definition) is 4. The van der Waals surface area contributed by atoms with Crippen molar-refractivity contribution in [1.29, 1.82) is 0 Å². The maximum Gasteiger partial charge on any atom is 0.315 e. The summed E-state index contributed by atoms with van der Waals surface area (Å²) >= 11 is 0. The van der Waals surface area contributed by atoms with Gasteiger partial charge in [-0.3, -0.25) is 9.36 Å². The predicted octanol–water partition coefficient (Wildman–Crippen LogP) is 3.04. The fraction of sp³-hybridized carbons (Fsp3) is 0.0556. The first-order chi connectivity index (χ1) is 11.1. The highest BCUT2D eigenvalue weighted by Crippen LogP contribution is 2.28. The van der Waals surface area contributed by atoms with E-state index in [9.17, 15) is 15.0 Å². The number of ether oxygens (including phenoxy) is 1. The standard InChI is InChI=1S/C18H15NO4/c20-16-9-10-17(21)19(16)14-7-4-8-15(12-14)23-18(22)11-13-5-2-1-3-6-13/h1-10,12,20-21H,11H2. The monoisotopic (exact) mass is 309 g/mol. The molecule has 0 fully saturated rings. The molecule has 0 aliphatic heterocycles. The molecular weight excluding hydrogens is 294 g/mol. The molecule has 5 heteroatoms. The van der Waals surface area contributed by atoms with Crippen LogP contribution in [0.5, 0.6) is 17.5 Å². The fourth-order valence-electron chi connectivity index (χ4n) is 2.30. The van der Waals surface area contributed by atoms with Crippen LogP contribution >= 0.6 is 0 Å². The molecule has 0 radical (unpaired) electrons. The Hall–Kier alpha value is -3.21. The second-order valence-electron chi connectivity index (χ2n) is 5.02. The van der Waals surface area contributed by atoms with Crippen LogP contribution in [0.2, 0.25) is 0 Å². The summed E-state index contributed by atoms with van der Waals surface area (Å²) in [4.78, 5) is 12.0. The molecule has 0 aliphatic carbocycles. The highest BCUT2D eigenvalue weighted by atomic mass is 16.5. The van der Waals surface area contributed by atoms with Gasteiger partial charge in [-0.2, -0.15) is 0 Å². The molecule has 2 N–H and O–H groups in total. The Bertz CT molecular complexity index is 805. The average Bonchev–Trinajstić information content (AvgIpc) is 2.87. The molecule has 0 atom stereocenters. The molecule has 5 nitrogen and oxygen atoms in total. The van der Waals surface area contributed by atoms with Gasteiger partial charge in [-0.05, 0) is 17.7 Å². The first kappa shape index (κ1) is 14.7. The van der Waals surface area contributed by atoms with Gasteiger partial charge in [0, 0.05) is 18.2 Å². The first-order valence-corrected chi connectivity index (χ1v) is 7.08. The van der Waals surface area contributed by atoms with Crippen LogP contribution in [0.1, 0.15) is 5.56 Å². The molecule has 3 aromatic rings. The van der Waals surface area contributed by atoms with E-state index in [0.29, 0.717) is 11.4 Å². The lowest BCUT2D eigenvalue weighted by molar-refractivity contribution is -0.133. The van der Waals surface area contributed by atoms with Gasteiger partial charge in [0.25, 0.3) is 0 Å². The lowest BCUT2D eigenvalue weighted by atomic mass is 10.1. The third-order valence-corrected chi connectivity index (χ3v) is 3.34. The van der Waals surface area contributed by atoms with Gasteiger partial charge in [-0.1, -0.05) is 36.4 Å². The van der Waals surface area contributed by atoms with E-state index in [-0.39, 0.29) is 24.2 Å². The summed E-state index contributed by atoms with van der Waals surface area (Å²) in [5.74, 6) is -0.240. The maximum atomic E-state index is 12.0. The first-order valence-electron chi connectivity index (χ1n) is 7.08. The molecule has 1 aromatic heterocycles. The Morgan fingerprint density at radius 3 is 2.30 bits per heavy atom. The number of carbonyl (C=O) groups is 1. The zero-order chi connectivity index (χ0) is 16.2. The summed E-state index contributed by atoms with van der Waals surface area (Å²) in [5, 5.41) is 19.5. The molecule has 0 amide bonds. The molecule has 1 heterocycles. The minimum Gasteiger partial charge on any atom is -0.494 e. The van der Waals surface area contributed by atoms with Crippen LogP contribution < -0.4 is 4.74 Å². The van der Waals surface area contributed by atoms with Crippen molar-refractivity contribution in [1.82, 2.24) is 4.57 Å². The summed E-state index contributed by atoms with van der Waals surface area (Å²) in [5.41, 5.74) is 1.37. The molecule has 3 rings (SSSR count). The number of carbonyl (C=O) groups excluding carboxylic acids is 1.